The van der Waals surface area contributed by atoms with Crippen molar-refractivity contribution in [1.29, 1.82) is 0 Å². The average molecular weight is 349 g/mol. The molecule has 2 amide bonds. The number of carbonyl (C=O) groups excluding carboxylic acids is 1. The van der Waals surface area contributed by atoms with Crippen molar-refractivity contribution in [2.24, 2.45) is 0 Å². The fourth-order valence-corrected chi connectivity index (χ4v) is 3.25. The highest BCUT2D eigenvalue weighted by molar-refractivity contribution is 5.93. The quantitative estimate of drug-likeness (QED) is 0.663. The lowest BCUT2D eigenvalue weighted by atomic mass is 10.0. The number of ether oxygens (including phenoxy) is 1. The summed E-state index contributed by atoms with van der Waals surface area (Å²) >= 11 is 0. The molecule has 0 aliphatic carbocycles. The molecule has 1 unspecified atom stereocenters. The number of benzene rings is 2. The van der Waals surface area contributed by atoms with Crippen LogP contribution in [-0.4, -0.2) is 17.6 Å². The van der Waals surface area contributed by atoms with Crippen LogP contribution in [0.4, 0.5) is 10.5 Å². The molecule has 1 aromatic heterocycles. The van der Waals surface area contributed by atoms with Gasteiger partial charge in [0.05, 0.1) is 6.04 Å². The van der Waals surface area contributed by atoms with Crippen molar-refractivity contribution in [2.75, 3.05) is 11.9 Å². The molecule has 0 bridgehead atoms. The molecule has 0 saturated carbocycles. The highest BCUT2D eigenvalue weighted by Gasteiger charge is 2.27. The largest absolute Gasteiger partial charge is 0.490 e. The molecule has 1 atom stereocenters. The van der Waals surface area contributed by atoms with Crippen LogP contribution in [0.2, 0.25) is 0 Å². The molecule has 26 heavy (non-hydrogen) atoms. The molecule has 0 fully saturated rings. The van der Waals surface area contributed by atoms with Gasteiger partial charge in [0.15, 0.2) is 0 Å². The Morgan fingerprint density at radius 1 is 1.19 bits per heavy atom. The fourth-order valence-electron chi connectivity index (χ4n) is 3.25. The van der Waals surface area contributed by atoms with Crippen LogP contribution < -0.4 is 20.9 Å². The number of hydrogen-bond donors (Lipinski definition) is 3. The van der Waals surface area contributed by atoms with E-state index in [1.807, 2.05) is 26.0 Å². The van der Waals surface area contributed by atoms with Gasteiger partial charge < -0.3 is 20.4 Å². The van der Waals surface area contributed by atoms with Gasteiger partial charge in [0.2, 0.25) is 0 Å². The van der Waals surface area contributed by atoms with Gasteiger partial charge in [-0.1, -0.05) is 12.1 Å². The van der Waals surface area contributed by atoms with Crippen LogP contribution in [0.25, 0.3) is 10.8 Å². The lowest BCUT2D eigenvalue weighted by molar-refractivity contribution is 0.243. The van der Waals surface area contributed by atoms with Crippen molar-refractivity contribution in [3.8, 4) is 5.75 Å². The number of urea groups is 1. The van der Waals surface area contributed by atoms with Crippen LogP contribution in [0.5, 0.6) is 5.75 Å². The molecule has 1 aliphatic rings. The number of aromatic nitrogens is 1. The van der Waals surface area contributed by atoms with E-state index in [-0.39, 0.29) is 17.6 Å². The lowest BCUT2D eigenvalue weighted by Crippen LogP contribution is -2.33. The first-order valence-electron chi connectivity index (χ1n) is 8.45. The molecular formula is C20H19N3O3. The van der Waals surface area contributed by atoms with Crippen LogP contribution in [0, 0.1) is 13.8 Å². The fraction of sp³-hybridized carbons (Fsp3) is 0.200. The van der Waals surface area contributed by atoms with E-state index in [0.717, 1.165) is 22.3 Å². The summed E-state index contributed by atoms with van der Waals surface area (Å²) in [5.74, 6) is 0.861. The summed E-state index contributed by atoms with van der Waals surface area (Å²) in [5.41, 5.74) is 3.74. The Hall–Kier alpha value is -3.28. The van der Waals surface area contributed by atoms with Gasteiger partial charge in [-0.05, 0) is 54.6 Å². The third-order valence-corrected chi connectivity index (χ3v) is 4.81. The molecule has 3 N–H and O–H groups in total. The summed E-state index contributed by atoms with van der Waals surface area (Å²) < 4.78 is 5.76. The summed E-state index contributed by atoms with van der Waals surface area (Å²) in [6, 6.07) is 10.5. The first-order valence-corrected chi connectivity index (χ1v) is 8.45. The van der Waals surface area contributed by atoms with Crippen molar-refractivity contribution >= 4 is 22.5 Å². The van der Waals surface area contributed by atoms with Crippen molar-refractivity contribution in [1.82, 2.24) is 10.3 Å². The van der Waals surface area contributed by atoms with E-state index in [0.29, 0.717) is 17.7 Å². The van der Waals surface area contributed by atoms with Gasteiger partial charge in [0.1, 0.15) is 12.4 Å². The van der Waals surface area contributed by atoms with E-state index in [1.54, 1.807) is 30.5 Å². The average Bonchev–Trinajstić information content (AvgIpc) is 3.01. The third kappa shape index (κ3) is 2.79. The highest BCUT2D eigenvalue weighted by atomic mass is 16.5. The molecule has 6 nitrogen and oxygen atoms in total. The smallest absolute Gasteiger partial charge is 0.319 e. The number of carbonyl (C=O) groups is 1. The minimum absolute atomic E-state index is 0.149. The molecule has 132 valence electrons. The second-order valence-corrected chi connectivity index (χ2v) is 6.50. The predicted octanol–water partition coefficient (Wildman–Crippen LogP) is 3.40. The standard InChI is InChI=1S/C20H19N3O3/c1-11-3-5-16-17(10-26-18(16)12(11)2)23-20(25)22-14-4-6-15-13(9-14)7-8-21-19(15)24/h3-9,17H,10H2,1-2H3,(H,21,24)(H2,22,23,25). The maximum Gasteiger partial charge on any atom is 0.319 e. The van der Waals surface area contributed by atoms with E-state index in [4.69, 9.17) is 4.74 Å². The zero-order valence-electron chi connectivity index (χ0n) is 14.6. The predicted molar refractivity (Wildman–Crippen MR) is 101 cm³/mol. The zero-order valence-corrected chi connectivity index (χ0v) is 14.6. The normalized spacial score (nSPS) is 15.4. The van der Waals surface area contributed by atoms with Gasteiger partial charge in [-0.2, -0.15) is 0 Å². The molecular weight excluding hydrogens is 330 g/mol. The minimum atomic E-state index is -0.311. The molecule has 0 radical (unpaired) electrons. The van der Waals surface area contributed by atoms with Crippen LogP contribution in [-0.2, 0) is 0 Å². The number of nitrogens with one attached hydrogen (secondary N) is 3. The molecule has 0 saturated heterocycles. The maximum atomic E-state index is 12.4. The summed E-state index contributed by atoms with van der Waals surface area (Å²) in [4.78, 5) is 26.8. The minimum Gasteiger partial charge on any atom is -0.490 e. The summed E-state index contributed by atoms with van der Waals surface area (Å²) in [5, 5.41) is 7.12. The molecule has 1 aliphatic heterocycles. The van der Waals surface area contributed by atoms with Gasteiger partial charge in [-0.3, -0.25) is 4.79 Å². The number of amides is 2. The Balaban J connectivity index is 1.51. The molecule has 6 heteroatoms. The number of fused-ring (bicyclic) bond motifs is 2. The number of rotatable bonds is 2. The molecule has 2 heterocycles. The monoisotopic (exact) mass is 349 g/mol. The summed E-state index contributed by atoms with van der Waals surface area (Å²) in [7, 11) is 0. The van der Waals surface area contributed by atoms with Crippen molar-refractivity contribution < 1.29 is 9.53 Å². The van der Waals surface area contributed by atoms with Crippen LogP contribution in [0.15, 0.2) is 47.4 Å². The van der Waals surface area contributed by atoms with Crippen molar-refractivity contribution in [3.63, 3.8) is 0 Å². The van der Waals surface area contributed by atoms with E-state index in [1.165, 1.54) is 5.56 Å². The Morgan fingerprint density at radius 3 is 2.88 bits per heavy atom. The maximum absolute atomic E-state index is 12.4. The number of hydrogen-bond acceptors (Lipinski definition) is 3. The van der Waals surface area contributed by atoms with Crippen LogP contribution in [0.3, 0.4) is 0 Å². The highest BCUT2D eigenvalue weighted by Crippen LogP contribution is 2.36. The zero-order chi connectivity index (χ0) is 18.3. The number of aromatic amines is 1. The van der Waals surface area contributed by atoms with Gasteiger partial charge in [-0.15, -0.1) is 0 Å². The Bertz CT molecular complexity index is 1070. The number of H-pyrrole nitrogens is 1. The van der Waals surface area contributed by atoms with E-state index in [9.17, 15) is 9.59 Å². The SMILES string of the molecule is Cc1ccc2c(c1C)OCC2NC(=O)Nc1ccc2c(=O)[nH]ccc2c1. The van der Waals surface area contributed by atoms with Gasteiger partial charge in [0.25, 0.3) is 5.56 Å². The second kappa shape index (κ2) is 6.22. The van der Waals surface area contributed by atoms with E-state index >= 15 is 0 Å². The number of anilines is 1. The second-order valence-electron chi connectivity index (χ2n) is 6.50. The Kier molecular flexibility index (Phi) is 3.88. The first-order chi connectivity index (χ1) is 12.5. The third-order valence-electron chi connectivity index (χ3n) is 4.81. The molecule has 3 aromatic rings. The number of pyridine rings is 1. The summed E-state index contributed by atoms with van der Waals surface area (Å²) in [6.45, 7) is 4.48. The Labute approximate surface area is 150 Å². The first kappa shape index (κ1) is 16.2. The van der Waals surface area contributed by atoms with E-state index < -0.39 is 0 Å². The van der Waals surface area contributed by atoms with Gasteiger partial charge in [-0.25, -0.2) is 4.79 Å². The topological polar surface area (TPSA) is 83.2 Å². The lowest BCUT2D eigenvalue weighted by Gasteiger charge is -2.13. The molecule has 0 spiro atoms. The molecule has 4 rings (SSSR count). The van der Waals surface area contributed by atoms with Crippen LogP contribution >= 0.6 is 0 Å². The Morgan fingerprint density at radius 2 is 2.04 bits per heavy atom. The van der Waals surface area contributed by atoms with Gasteiger partial charge >= 0.3 is 6.03 Å². The van der Waals surface area contributed by atoms with E-state index in [2.05, 4.69) is 15.6 Å². The number of aryl methyl sites for hydroxylation is 1. The van der Waals surface area contributed by atoms with Crippen molar-refractivity contribution in [2.45, 2.75) is 19.9 Å². The van der Waals surface area contributed by atoms with Gasteiger partial charge in [0, 0.05) is 22.8 Å². The van der Waals surface area contributed by atoms with Crippen molar-refractivity contribution in [3.05, 3.63) is 69.6 Å². The summed E-state index contributed by atoms with van der Waals surface area (Å²) in [6.07, 6.45) is 1.59. The molecule has 2 aromatic carbocycles. The van der Waals surface area contributed by atoms with Crippen LogP contribution in [0.1, 0.15) is 22.7 Å².